The average Bonchev–Trinajstić information content (AvgIpc) is 2.53. The van der Waals surface area contributed by atoms with E-state index >= 15 is 0 Å². The molecule has 1 atom stereocenters. The second kappa shape index (κ2) is 7.59. The second-order valence-corrected chi connectivity index (χ2v) is 5.18. The van der Waals surface area contributed by atoms with Gasteiger partial charge >= 0.3 is 0 Å². The van der Waals surface area contributed by atoms with Gasteiger partial charge in [-0.05, 0) is 43.2 Å². The lowest BCUT2D eigenvalue weighted by Gasteiger charge is -2.18. The Hall–Kier alpha value is -2.36. The van der Waals surface area contributed by atoms with Gasteiger partial charge in [0.05, 0.1) is 6.04 Å². The highest BCUT2D eigenvalue weighted by Crippen LogP contribution is 2.17. The molecule has 0 bridgehead atoms. The molecule has 0 saturated heterocycles. The average molecular weight is 301 g/mol. The predicted molar refractivity (Wildman–Crippen MR) is 84.2 cm³/mol. The third-order valence-electron chi connectivity index (χ3n) is 3.41. The fraction of sp³-hybridized carbons (Fsp3) is 0.278. The Kier molecular flexibility index (Phi) is 5.53. The first-order valence-corrected chi connectivity index (χ1v) is 7.32. The molecule has 1 N–H and O–H groups in total. The van der Waals surface area contributed by atoms with E-state index in [2.05, 4.69) is 5.32 Å². The zero-order valence-corrected chi connectivity index (χ0v) is 12.8. The third-order valence-corrected chi connectivity index (χ3v) is 3.41. The van der Waals surface area contributed by atoms with Crippen LogP contribution in [0.15, 0.2) is 48.5 Å². The van der Waals surface area contributed by atoms with Gasteiger partial charge in [0.25, 0.3) is 5.91 Å². The molecule has 0 aliphatic heterocycles. The van der Waals surface area contributed by atoms with Crippen LogP contribution in [0.4, 0.5) is 4.39 Å². The smallest absolute Gasteiger partial charge is 0.258 e. The van der Waals surface area contributed by atoms with E-state index in [4.69, 9.17) is 4.74 Å². The summed E-state index contributed by atoms with van der Waals surface area (Å²) in [5.74, 6) is -0.0566. The maximum absolute atomic E-state index is 12.8. The van der Waals surface area contributed by atoms with Crippen molar-refractivity contribution in [1.82, 2.24) is 5.32 Å². The number of halogens is 1. The monoisotopic (exact) mass is 301 g/mol. The lowest BCUT2D eigenvalue weighted by Crippen LogP contribution is -2.32. The first kappa shape index (κ1) is 16.0. The van der Waals surface area contributed by atoms with Gasteiger partial charge in [0.15, 0.2) is 6.61 Å². The normalized spacial score (nSPS) is 11.8. The molecule has 0 aromatic heterocycles. The Morgan fingerprint density at radius 2 is 1.77 bits per heavy atom. The van der Waals surface area contributed by atoms with E-state index < -0.39 is 0 Å². The lowest BCUT2D eigenvalue weighted by atomic mass is 10.0. The van der Waals surface area contributed by atoms with Crippen molar-refractivity contribution in [3.05, 3.63) is 65.5 Å². The largest absolute Gasteiger partial charge is 0.484 e. The molecule has 0 saturated carbocycles. The molecule has 2 aromatic rings. The van der Waals surface area contributed by atoms with Crippen LogP contribution in [0.5, 0.6) is 5.75 Å². The predicted octanol–water partition coefficient (Wildman–Crippen LogP) is 3.78. The van der Waals surface area contributed by atoms with Gasteiger partial charge < -0.3 is 10.1 Å². The van der Waals surface area contributed by atoms with Gasteiger partial charge in [0.1, 0.15) is 11.6 Å². The van der Waals surface area contributed by atoms with E-state index in [0.717, 1.165) is 12.0 Å². The van der Waals surface area contributed by atoms with E-state index in [1.165, 1.54) is 29.8 Å². The summed E-state index contributed by atoms with van der Waals surface area (Å²) in [5, 5.41) is 2.95. The molecular formula is C18H20FNO2. The van der Waals surface area contributed by atoms with Gasteiger partial charge in [-0.2, -0.15) is 0 Å². The third kappa shape index (κ3) is 4.58. The Bertz CT molecular complexity index is 608. The van der Waals surface area contributed by atoms with Crippen LogP contribution in [0.25, 0.3) is 0 Å². The fourth-order valence-corrected chi connectivity index (χ4v) is 2.14. The molecule has 2 aromatic carbocycles. The van der Waals surface area contributed by atoms with Crippen molar-refractivity contribution < 1.29 is 13.9 Å². The quantitative estimate of drug-likeness (QED) is 0.881. The van der Waals surface area contributed by atoms with Gasteiger partial charge in [-0.1, -0.05) is 36.8 Å². The first-order chi connectivity index (χ1) is 10.6. The summed E-state index contributed by atoms with van der Waals surface area (Å²) in [6.07, 6.45) is 0.797. The maximum Gasteiger partial charge on any atom is 0.258 e. The Morgan fingerprint density at radius 1 is 1.14 bits per heavy atom. The molecule has 0 heterocycles. The highest BCUT2D eigenvalue weighted by atomic mass is 19.1. The summed E-state index contributed by atoms with van der Waals surface area (Å²) in [6, 6.07) is 13.7. The number of rotatable bonds is 6. The molecule has 0 radical (unpaired) electrons. The van der Waals surface area contributed by atoms with Crippen molar-refractivity contribution in [3.63, 3.8) is 0 Å². The highest BCUT2D eigenvalue weighted by molar-refractivity contribution is 5.78. The number of hydrogen-bond acceptors (Lipinski definition) is 2. The molecule has 116 valence electrons. The summed E-state index contributed by atoms with van der Waals surface area (Å²) in [5.41, 5.74) is 2.26. The minimum atomic E-state index is -0.331. The van der Waals surface area contributed by atoms with Gasteiger partial charge in [0.2, 0.25) is 0 Å². The summed E-state index contributed by atoms with van der Waals surface area (Å²) in [4.78, 5) is 12.0. The number of aryl methyl sites for hydroxylation is 1. The van der Waals surface area contributed by atoms with E-state index in [-0.39, 0.29) is 24.4 Å². The number of carbonyl (C=O) groups is 1. The number of amides is 1. The summed E-state index contributed by atoms with van der Waals surface area (Å²) >= 11 is 0. The van der Waals surface area contributed by atoms with E-state index in [9.17, 15) is 9.18 Å². The van der Waals surface area contributed by atoms with Crippen molar-refractivity contribution in [3.8, 4) is 5.75 Å². The summed E-state index contributed by atoms with van der Waals surface area (Å²) in [6.45, 7) is 3.96. The molecule has 3 nitrogen and oxygen atoms in total. The van der Waals surface area contributed by atoms with Crippen molar-refractivity contribution in [1.29, 1.82) is 0 Å². The number of nitrogens with one attached hydrogen (secondary N) is 1. The molecule has 4 heteroatoms. The molecule has 0 fully saturated rings. The van der Waals surface area contributed by atoms with Crippen LogP contribution in [0.3, 0.4) is 0 Å². The highest BCUT2D eigenvalue weighted by Gasteiger charge is 2.13. The van der Waals surface area contributed by atoms with E-state index in [0.29, 0.717) is 5.75 Å². The lowest BCUT2D eigenvalue weighted by molar-refractivity contribution is -0.123. The Labute approximate surface area is 130 Å². The zero-order chi connectivity index (χ0) is 15.9. The topological polar surface area (TPSA) is 38.3 Å². The van der Waals surface area contributed by atoms with Gasteiger partial charge in [-0.25, -0.2) is 4.39 Å². The van der Waals surface area contributed by atoms with Crippen molar-refractivity contribution in [2.24, 2.45) is 0 Å². The van der Waals surface area contributed by atoms with Gasteiger partial charge in [0, 0.05) is 0 Å². The maximum atomic E-state index is 12.8. The number of hydrogen-bond donors (Lipinski definition) is 1. The summed E-state index contributed by atoms with van der Waals surface area (Å²) < 4.78 is 18.1. The number of ether oxygens (including phenoxy) is 1. The van der Waals surface area contributed by atoms with E-state index in [1.54, 1.807) is 0 Å². The van der Waals surface area contributed by atoms with Crippen LogP contribution < -0.4 is 10.1 Å². The van der Waals surface area contributed by atoms with Crippen LogP contribution in [0, 0.1) is 12.7 Å². The molecule has 0 spiro atoms. The van der Waals surface area contributed by atoms with Crippen LogP contribution in [0.1, 0.15) is 30.5 Å². The standard InChI is InChI=1S/C18H20FNO2/c1-3-17(14-6-4-13(2)5-7-14)20-18(21)12-22-16-10-8-15(19)9-11-16/h4-11,17H,3,12H2,1-2H3,(H,20,21). The van der Waals surface area contributed by atoms with Crippen molar-refractivity contribution in [2.45, 2.75) is 26.3 Å². The van der Waals surface area contributed by atoms with Crippen molar-refractivity contribution >= 4 is 5.91 Å². The minimum Gasteiger partial charge on any atom is -0.484 e. The molecular weight excluding hydrogens is 281 g/mol. The first-order valence-electron chi connectivity index (χ1n) is 7.32. The molecule has 0 aliphatic carbocycles. The fourth-order valence-electron chi connectivity index (χ4n) is 2.14. The zero-order valence-electron chi connectivity index (χ0n) is 12.8. The summed E-state index contributed by atoms with van der Waals surface area (Å²) in [7, 11) is 0. The van der Waals surface area contributed by atoms with Crippen LogP contribution in [0.2, 0.25) is 0 Å². The number of benzene rings is 2. The Morgan fingerprint density at radius 3 is 2.36 bits per heavy atom. The second-order valence-electron chi connectivity index (χ2n) is 5.18. The van der Waals surface area contributed by atoms with Crippen LogP contribution >= 0.6 is 0 Å². The van der Waals surface area contributed by atoms with Crippen LogP contribution in [-0.4, -0.2) is 12.5 Å². The van der Waals surface area contributed by atoms with Gasteiger partial charge in [-0.3, -0.25) is 4.79 Å². The molecule has 1 unspecified atom stereocenters. The van der Waals surface area contributed by atoms with E-state index in [1.807, 2.05) is 38.1 Å². The van der Waals surface area contributed by atoms with Gasteiger partial charge in [-0.15, -0.1) is 0 Å². The molecule has 22 heavy (non-hydrogen) atoms. The number of carbonyl (C=O) groups excluding carboxylic acids is 1. The Balaban J connectivity index is 1.89. The SMILES string of the molecule is CCC(NC(=O)COc1ccc(F)cc1)c1ccc(C)cc1. The van der Waals surface area contributed by atoms with Crippen molar-refractivity contribution in [2.75, 3.05) is 6.61 Å². The molecule has 1 amide bonds. The minimum absolute atomic E-state index is 0.0371. The van der Waals surface area contributed by atoms with Crippen LogP contribution in [-0.2, 0) is 4.79 Å². The molecule has 0 aliphatic rings. The molecule has 2 rings (SSSR count).